The summed E-state index contributed by atoms with van der Waals surface area (Å²) in [6.45, 7) is 15.6. The van der Waals surface area contributed by atoms with Gasteiger partial charge < -0.3 is 39.9 Å². The fraction of sp³-hybridized carbons (Fsp3) is 0.756. The summed E-state index contributed by atoms with van der Waals surface area (Å²) < 4.78 is 12.0. The van der Waals surface area contributed by atoms with Gasteiger partial charge in [-0.2, -0.15) is 0 Å². The summed E-state index contributed by atoms with van der Waals surface area (Å²) in [5.74, 6) is -8.29. The van der Waals surface area contributed by atoms with Crippen LogP contribution in [0.1, 0.15) is 133 Å². The molecule has 5 N–H and O–H groups in total. The molecule has 2 saturated heterocycles. The molecule has 0 spiro atoms. The zero-order valence-corrected chi connectivity index (χ0v) is 36.2. The molecule has 0 aromatic rings. The number of rotatable bonds is 4. The number of amides is 1. The van der Waals surface area contributed by atoms with Crippen molar-refractivity contribution >= 4 is 29.2 Å². The van der Waals surface area contributed by atoms with Crippen molar-refractivity contribution in [2.75, 3.05) is 6.54 Å². The van der Waals surface area contributed by atoms with Gasteiger partial charge in [-0.1, -0.05) is 59.8 Å². The van der Waals surface area contributed by atoms with Crippen LogP contribution in [0.4, 0.5) is 0 Å². The fourth-order valence-corrected chi connectivity index (χ4v) is 8.42. The van der Waals surface area contributed by atoms with Crippen molar-refractivity contribution in [3.63, 3.8) is 0 Å². The van der Waals surface area contributed by atoms with E-state index in [1.807, 2.05) is 26.8 Å². The van der Waals surface area contributed by atoms with Crippen LogP contribution in [0.3, 0.4) is 0 Å². The lowest BCUT2D eigenvalue weighted by molar-refractivity contribution is -0.266. The molecular weight excluding hydrogens is 746 g/mol. The number of Topliss-reactive ketones (excluding diaryl/α,β-unsaturated/α-hetero) is 3. The number of ether oxygens (including phenoxy) is 2. The third-order valence-electron chi connectivity index (χ3n) is 12.7. The minimum Gasteiger partial charge on any atom is -0.456 e. The predicted octanol–water partition coefficient (Wildman–Crippen LogP) is 4.69. The standard InChI is InChI=1S/C45H71NO12/c1-10-33-15-17-40(28(5)21-26(3)32(9)47)57-44(55)36-13-11-12-18-46(36)43(54)42(53)45(56)30(7)14-16-35(58-45)24-39(51)31(8)38(50)23-34(48)22-37(49)27(4)19-25(2)20-29(6)41(33)52/h15,19,21,25-26,29-31,34-40,48-51,56H,10-14,16-18,20,22-24H2,1-9H3/b27-19+,28-21+,33-15+/t25?,26?,29?,30?,31?,34-,35?,36?,37?,38?,39?,40?,45?/m1/s1. The molecule has 2 bridgehead atoms. The molecule has 3 aliphatic rings. The second kappa shape index (κ2) is 22.0. The van der Waals surface area contributed by atoms with E-state index in [0.29, 0.717) is 48.8 Å². The van der Waals surface area contributed by atoms with Crippen molar-refractivity contribution in [1.82, 2.24) is 4.90 Å². The summed E-state index contributed by atoms with van der Waals surface area (Å²) in [5, 5.41) is 55.6. The summed E-state index contributed by atoms with van der Waals surface area (Å²) >= 11 is 0. The van der Waals surface area contributed by atoms with Crippen LogP contribution in [0.25, 0.3) is 0 Å². The maximum atomic E-state index is 14.1. The third-order valence-corrected chi connectivity index (χ3v) is 12.7. The van der Waals surface area contributed by atoms with Crippen molar-refractivity contribution in [1.29, 1.82) is 0 Å². The number of carbonyl (C=O) groups is 5. The normalized spacial score (nSPS) is 39.0. The fourth-order valence-electron chi connectivity index (χ4n) is 8.42. The molecule has 3 rings (SSSR count). The Hall–Kier alpha value is -3.07. The van der Waals surface area contributed by atoms with Crippen LogP contribution in [-0.4, -0.2) is 115 Å². The first kappa shape index (κ1) is 49.3. The van der Waals surface area contributed by atoms with E-state index in [2.05, 4.69) is 0 Å². The maximum absolute atomic E-state index is 14.1. The smallest absolute Gasteiger partial charge is 0.329 e. The van der Waals surface area contributed by atoms with Crippen LogP contribution in [0.5, 0.6) is 0 Å². The van der Waals surface area contributed by atoms with Crippen molar-refractivity contribution in [3.8, 4) is 0 Å². The van der Waals surface area contributed by atoms with E-state index in [0.717, 1.165) is 4.90 Å². The number of aliphatic hydroxyl groups is 5. The number of piperidine rings is 1. The van der Waals surface area contributed by atoms with Gasteiger partial charge >= 0.3 is 5.97 Å². The Morgan fingerprint density at radius 2 is 1.60 bits per heavy atom. The highest BCUT2D eigenvalue weighted by molar-refractivity contribution is 6.39. The van der Waals surface area contributed by atoms with Gasteiger partial charge in [0.2, 0.25) is 5.79 Å². The van der Waals surface area contributed by atoms with Crippen LogP contribution in [0, 0.1) is 29.6 Å². The summed E-state index contributed by atoms with van der Waals surface area (Å²) in [6.07, 6.45) is 1.88. The minimum absolute atomic E-state index is 0.0540. The molecule has 13 heteroatoms. The number of aliphatic hydroxyl groups excluding tert-OH is 4. The molecule has 0 aromatic heterocycles. The molecule has 3 heterocycles. The number of nitrogens with zero attached hydrogens (tertiary/aromatic N) is 1. The lowest BCUT2D eigenvalue weighted by Crippen LogP contribution is -2.61. The van der Waals surface area contributed by atoms with Crippen molar-refractivity contribution < 1.29 is 59.0 Å². The third kappa shape index (κ3) is 13.0. The molecule has 1 amide bonds. The zero-order valence-electron chi connectivity index (χ0n) is 36.2. The average molecular weight is 818 g/mol. The Kier molecular flexibility index (Phi) is 18.7. The first-order valence-corrected chi connectivity index (χ1v) is 21.4. The number of cyclic esters (lactones) is 1. The van der Waals surface area contributed by atoms with Gasteiger partial charge in [0.25, 0.3) is 11.7 Å². The van der Waals surface area contributed by atoms with Crippen LogP contribution in [0.2, 0.25) is 0 Å². The van der Waals surface area contributed by atoms with Crippen LogP contribution >= 0.6 is 0 Å². The largest absolute Gasteiger partial charge is 0.456 e. The molecule has 2 fully saturated rings. The van der Waals surface area contributed by atoms with Gasteiger partial charge in [-0.3, -0.25) is 19.2 Å². The molecule has 12 unspecified atom stereocenters. The number of fused-ring (bicyclic) bond motifs is 3. The van der Waals surface area contributed by atoms with E-state index >= 15 is 0 Å². The highest BCUT2D eigenvalue weighted by Gasteiger charge is 2.53. The van der Waals surface area contributed by atoms with E-state index in [9.17, 15) is 49.5 Å². The number of hydrogen-bond donors (Lipinski definition) is 5. The first-order chi connectivity index (χ1) is 27.1. The van der Waals surface area contributed by atoms with Crippen molar-refractivity contribution in [3.05, 3.63) is 34.9 Å². The minimum atomic E-state index is -2.54. The predicted molar refractivity (Wildman–Crippen MR) is 218 cm³/mol. The molecular formula is C45H71NO12. The van der Waals surface area contributed by atoms with Crippen LogP contribution in [-0.2, 0) is 33.4 Å². The Morgan fingerprint density at radius 1 is 0.948 bits per heavy atom. The van der Waals surface area contributed by atoms with Gasteiger partial charge in [0.05, 0.1) is 30.5 Å². The average Bonchev–Trinajstić information content (AvgIpc) is 3.17. The summed E-state index contributed by atoms with van der Waals surface area (Å²) in [4.78, 5) is 69.1. The van der Waals surface area contributed by atoms with Crippen LogP contribution in [0.15, 0.2) is 34.9 Å². The highest BCUT2D eigenvalue weighted by atomic mass is 16.6. The molecule has 0 aromatic carbocycles. The van der Waals surface area contributed by atoms with Gasteiger partial charge in [0.1, 0.15) is 17.9 Å². The molecule has 13 atom stereocenters. The zero-order chi connectivity index (χ0) is 43.6. The van der Waals surface area contributed by atoms with E-state index in [4.69, 9.17) is 9.47 Å². The Morgan fingerprint density at radius 3 is 2.24 bits per heavy atom. The lowest BCUT2D eigenvalue weighted by Gasteiger charge is -2.43. The van der Waals surface area contributed by atoms with E-state index < -0.39 is 89.8 Å². The molecule has 0 aliphatic carbocycles. The molecule has 0 radical (unpaired) electrons. The van der Waals surface area contributed by atoms with E-state index in [1.54, 1.807) is 46.8 Å². The molecule has 13 nitrogen and oxygen atoms in total. The number of allylic oxidation sites excluding steroid dienone is 3. The maximum Gasteiger partial charge on any atom is 0.329 e. The van der Waals surface area contributed by atoms with Gasteiger partial charge in [-0.25, -0.2) is 4.79 Å². The Balaban J connectivity index is 2.05. The SMILES string of the molecule is CC/C1=C\CC(/C(C)=C/C(C)C(C)=O)OC(=O)C2CCCCN2C(=O)C(=O)C2(O)OC(CCC2C)CC(O)C(C)C(O)C[C@H](O)CC(O)/C(C)=C/C(C)CC(C)C1=O. The number of esters is 1. The van der Waals surface area contributed by atoms with Gasteiger partial charge in [-0.05, 0) is 101 Å². The second-order valence-corrected chi connectivity index (χ2v) is 17.6. The van der Waals surface area contributed by atoms with Gasteiger partial charge in [0, 0.05) is 43.1 Å². The number of hydrogen-bond acceptors (Lipinski definition) is 12. The second-order valence-electron chi connectivity index (χ2n) is 17.6. The lowest BCUT2D eigenvalue weighted by atomic mass is 9.83. The summed E-state index contributed by atoms with van der Waals surface area (Å²) in [5.41, 5.74) is 1.74. The van der Waals surface area contributed by atoms with Crippen LogP contribution < -0.4 is 0 Å². The topological polar surface area (TPSA) is 208 Å². The molecule has 0 saturated carbocycles. The molecule has 58 heavy (non-hydrogen) atoms. The summed E-state index contributed by atoms with van der Waals surface area (Å²) in [6, 6.07) is -1.14. The van der Waals surface area contributed by atoms with E-state index in [-0.39, 0.29) is 62.6 Å². The van der Waals surface area contributed by atoms with E-state index in [1.165, 1.54) is 6.92 Å². The van der Waals surface area contributed by atoms with Gasteiger partial charge in [-0.15, -0.1) is 0 Å². The Labute approximate surface area is 344 Å². The van der Waals surface area contributed by atoms with Gasteiger partial charge in [0.15, 0.2) is 5.78 Å². The molecule has 3 aliphatic heterocycles. The van der Waals surface area contributed by atoms with Crippen molar-refractivity contribution in [2.24, 2.45) is 29.6 Å². The monoisotopic (exact) mass is 817 g/mol. The molecule has 328 valence electrons. The van der Waals surface area contributed by atoms with Crippen molar-refractivity contribution in [2.45, 2.75) is 181 Å². The quantitative estimate of drug-likeness (QED) is 0.149. The number of ketones is 3. The number of carbonyl (C=O) groups excluding carboxylic acids is 5. The highest BCUT2D eigenvalue weighted by Crippen LogP contribution is 2.37. The summed E-state index contributed by atoms with van der Waals surface area (Å²) in [7, 11) is 0. The Bertz CT molecular complexity index is 1550. The first-order valence-electron chi connectivity index (χ1n) is 21.4.